The Morgan fingerprint density at radius 3 is 2.79 bits per heavy atom. The molecule has 124 valence electrons. The highest BCUT2D eigenvalue weighted by molar-refractivity contribution is 7.99. The number of amides is 1. The zero-order valence-electron chi connectivity index (χ0n) is 12.4. The summed E-state index contributed by atoms with van der Waals surface area (Å²) < 4.78 is 25.4. The second-order valence-corrected chi connectivity index (χ2v) is 6.49. The first-order valence-corrected chi connectivity index (χ1v) is 8.38. The highest BCUT2D eigenvalue weighted by atomic mass is 35.5. The lowest BCUT2D eigenvalue weighted by Gasteiger charge is -2.12. The van der Waals surface area contributed by atoms with E-state index in [9.17, 15) is 13.6 Å². The molecule has 2 aromatic carbocycles. The van der Waals surface area contributed by atoms with Gasteiger partial charge in [-0.25, -0.2) is 0 Å². The Morgan fingerprint density at radius 1 is 1.21 bits per heavy atom. The Hall–Kier alpha value is -2.05. The minimum atomic E-state index is -2.62. The maximum absolute atomic E-state index is 12.7. The van der Waals surface area contributed by atoms with Crippen molar-refractivity contribution in [3.63, 3.8) is 0 Å². The number of carbonyl (C=O) groups is 1. The van der Waals surface area contributed by atoms with Crippen molar-refractivity contribution in [1.82, 2.24) is 4.98 Å². The van der Waals surface area contributed by atoms with Crippen LogP contribution in [0.15, 0.2) is 53.6 Å². The third-order valence-electron chi connectivity index (χ3n) is 3.47. The monoisotopic (exact) mass is 366 g/mol. The van der Waals surface area contributed by atoms with Crippen LogP contribution in [0.5, 0.6) is 0 Å². The number of anilines is 1. The Balaban J connectivity index is 1.79. The maximum Gasteiger partial charge on any atom is 0.289 e. The minimum Gasteiger partial charge on any atom is -0.361 e. The lowest BCUT2D eigenvalue weighted by molar-refractivity contribution is -0.115. The summed E-state index contributed by atoms with van der Waals surface area (Å²) in [5.41, 5.74) is 2.07. The van der Waals surface area contributed by atoms with Crippen LogP contribution in [-0.4, -0.2) is 16.6 Å². The van der Waals surface area contributed by atoms with E-state index >= 15 is 0 Å². The normalized spacial score (nSPS) is 11.2. The molecule has 1 aromatic heterocycles. The Morgan fingerprint density at radius 2 is 2.00 bits per heavy atom. The predicted molar refractivity (Wildman–Crippen MR) is 93.9 cm³/mol. The van der Waals surface area contributed by atoms with Gasteiger partial charge in [-0.3, -0.25) is 4.79 Å². The van der Waals surface area contributed by atoms with Crippen LogP contribution in [0.4, 0.5) is 14.5 Å². The fraction of sp³-hybridized carbons (Fsp3) is 0.118. The van der Waals surface area contributed by atoms with Crippen molar-refractivity contribution >= 4 is 45.9 Å². The molecule has 0 saturated heterocycles. The summed E-state index contributed by atoms with van der Waals surface area (Å²) in [5, 5.41) is 3.81. The van der Waals surface area contributed by atoms with Crippen molar-refractivity contribution < 1.29 is 13.6 Å². The van der Waals surface area contributed by atoms with Gasteiger partial charge in [0.05, 0.1) is 22.0 Å². The summed E-state index contributed by atoms with van der Waals surface area (Å²) in [6.45, 7) is 0. The molecule has 0 spiro atoms. The topological polar surface area (TPSA) is 44.9 Å². The molecule has 7 heteroatoms. The molecule has 1 heterocycles. The van der Waals surface area contributed by atoms with Crippen LogP contribution in [0.3, 0.4) is 0 Å². The summed E-state index contributed by atoms with van der Waals surface area (Å²) in [7, 11) is 0. The number of carbonyl (C=O) groups excluding carboxylic acids is 1. The van der Waals surface area contributed by atoms with Gasteiger partial charge in [-0.1, -0.05) is 47.6 Å². The lowest BCUT2D eigenvalue weighted by Crippen LogP contribution is -2.15. The van der Waals surface area contributed by atoms with Crippen molar-refractivity contribution in [3.8, 4) is 0 Å². The number of alkyl halides is 2. The van der Waals surface area contributed by atoms with Gasteiger partial charge in [0.1, 0.15) is 0 Å². The fourth-order valence-corrected chi connectivity index (χ4v) is 3.37. The predicted octanol–water partition coefficient (Wildman–Crippen LogP) is 5.32. The molecule has 0 radical (unpaired) electrons. The van der Waals surface area contributed by atoms with E-state index in [4.69, 9.17) is 11.6 Å². The van der Waals surface area contributed by atoms with E-state index in [1.807, 2.05) is 24.3 Å². The fourth-order valence-electron chi connectivity index (χ4n) is 2.46. The number of rotatable bonds is 5. The number of aromatic nitrogens is 1. The second-order valence-electron chi connectivity index (χ2n) is 5.08. The van der Waals surface area contributed by atoms with E-state index in [-0.39, 0.29) is 27.9 Å². The third kappa shape index (κ3) is 3.71. The smallest absolute Gasteiger partial charge is 0.289 e. The Kier molecular flexibility index (Phi) is 5.06. The van der Waals surface area contributed by atoms with E-state index in [2.05, 4.69) is 10.3 Å². The molecule has 0 saturated carbocycles. The van der Waals surface area contributed by atoms with Crippen molar-refractivity contribution in [2.75, 3.05) is 5.32 Å². The van der Waals surface area contributed by atoms with Gasteiger partial charge in [0, 0.05) is 17.1 Å². The molecule has 0 aliphatic rings. The van der Waals surface area contributed by atoms with Gasteiger partial charge < -0.3 is 10.3 Å². The summed E-state index contributed by atoms with van der Waals surface area (Å²) in [6.07, 6.45) is 1.91. The molecular weight excluding hydrogens is 354 g/mol. The molecular formula is C17H13ClF2N2OS. The number of benzene rings is 2. The summed E-state index contributed by atoms with van der Waals surface area (Å²) >= 11 is 6.29. The molecule has 0 fully saturated rings. The van der Waals surface area contributed by atoms with Crippen LogP contribution < -0.4 is 5.32 Å². The second kappa shape index (κ2) is 7.23. The van der Waals surface area contributed by atoms with Gasteiger partial charge in [0.2, 0.25) is 5.91 Å². The number of aromatic amines is 1. The number of halogens is 3. The summed E-state index contributed by atoms with van der Waals surface area (Å²) in [4.78, 5) is 15.6. The number of fused-ring (bicyclic) bond motifs is 1. The van der Waals surface area contributed by atoms with Crippen molar-refractivity contribution in [2.24, 2.45) is 0 Å². The number of H-pyrrole nitrogens is 1. The van der Waals surface area contributed by atoms with Gasteiger partial charge in [-0.15, -0.1) is 0 Å². The molecule has 24 heavy (non-hydrogen) atoms. The highest BCUT2D eigenvalue weighted by Crippen LogP contribution is 2.37. The number of thioether (sulfide) groups is 1. The zero-order chi connectivity index (χ0) is 17.1. The van der Waals surface area contributed by atoms with Gasteiger partial charge in [-0.05, 0) is 23.8 Å². The van der Waals surface area contributed by atoms with Gasteiger partial charge in [-0.2, -0.15) is 8.78 Å². The minimum absolute atomic E-state index is 0.134. The SMILES string of the molecule is O=C(Cc1c[nH]c2ccccc12)Nc1cccc(Cl)c1SC(F)F. The molecule has 0 atom stereocenters. The molecule has 3 rings (SSSR count). The summed E-state index contributed by atoms with van der Waals surface area (Å²) in [5.74, 6) is -2.91. The average molecular weight is 367 g/mol. The van der Waals surface area contributed by atoms with Crippen molar-refractivity contribution in [3.05, 3.63) is 59.2 Å². The lowest BCUT2D eigenvalue weighted by atomic mass is 10.1. The van der Waals surface area contributed by atoms with E-state index < -0.39 is 5.76 Å². The van der Waals surface area contributed by atoms with Gasteiger partial charge in [0.15, 0.2) is 0 Å². The number of nitrogens with one attached hydrogen (secondary N) is 2. The molecule has 1 amide bonds. The van der Waals surface area contributed by atoms with E-state index in [0.29, 0.717) is 11.8 Å². The Bertz CT molecular complexity index is 882. The molecule has 3 nitrogen and oxygen atoms in total. The van der Waals surface area contributed by atoms with Crippen LogP contribution >= 0.6 is 23.4 Å². The molecule has 0 unspecified atom stereocenters. The van der Waals surface area contributed by atoms with Crippen LogP contribution in [0, 0.1) is 0 Å². The first-order chi connectivity index (χ1) is 11.5. The largest absolute Gasteiger partial charge is 0.361 e. The summed E-state index contributed by atoms with van der Waals surface area (Å²) in [6, 6.07) is 12.3. The molecule has 0 aliphatic heterocycles. The molecule has 0 aliphatic carbocycles. The average Bonchev–Trinajstić information content (AvgIpc) is 2.94. The van der Waals surface area contributed by atoms with E-state index in [1.54, 1.807) is 18.3 Å². The third-order valence-corrected chi connectivity index (χ3v) is 4.75. The van der Waals surface area contributed by atoms with Gasteiger partial charge in [0.25, 0.3) is 5.76 Å². The number of para-hydroxylation sites is 1. The van der Waals surface area contributed by atoms with Crippen LogP contribution in [0.25, 0.3) is 10.9 Å². The van der Waals surface area contributed by atoms with Gasteiger partial charge >= 0.3 is 0 Å². The molecule has 0 bridgehead atoms. The highest BCUT2D eigenvalue weighted by Gasteiger charge is 2.16. The van der Waals surface area contributed by atoms with E-state index in [0.717, 1.165) is 16.5 Å². The zero-order valence-corrected chi connectivity index (χ0v) is 13.9. The molecule has 2 N–H and O–H groups in total. The number of hydrogen-bond donors (Lipinski definition) is 2. The first kappa shape index (κ1) is 16.8. The van der Waals surface area contributed by atoms with Crippen molar-refractivity contribution in [1.29, 1.82) is 0 Å². The van der Waals surface area contributed by atoms with Crippen molar-refractivity contribution in [2.45, 2.75) is 17.1 Å². The van der Waals surface area contributed by atoms with E-state index in [1.165, 1.54) is 6.07 Å². The van der Waals surface area contributed by atoms with Crippen LogP contribution in [0.2, 0.25) is 5.02 Å². The maximum atomic E-state index is 12.7. The van der Waals surface area contributed by atoms with Crippen LogP contribution in [0.1, 0.15) is 5.56 Å². The quantitative estimate of drug-likeness (QED) is 0.600. The Labute approximate surface area is 146 Å². The number of hydrogen-bond acceptors (Lipinski definition) is 2. The molecule has 3 aromatic rings. The first-order valence-electron chi connectivity index (χ1n) is 7.13. The van der Waals surface area contributed by atoms with Crippen LogP contribution in [-0.2, 0) is 11.2 Å². The standard InChI is InChI=1S/C17H13ClF2N2OS/c18-12-5-3-7-14(16(12)24-17(19)20)22-15(23)8-10-9-21-13-6-2-1-4-11(10)13/h1-7,9,17,21H,8H2,(H,22,23).